The van der Waals surface area contributed by atoms with Gasteiger partial charge in [0.1, 0.15) is 5.75 Å². The van der Waals surface area contributed by atoms with Crippen molar-refractivity contribution in [3.63, 3.8) is 0 Å². The van der Waals surface area contributed by atoms with Gasteiger partial charge in [0.25, 0.3) is 0 Å². The summed E-state index contributed by atoms with van der Waals surface area (Å²) in [5.41, 5.74) is 7.74. The Bertz CT molecular complexity index is 486. The van der Waals surface area contributed by atoms with Gasteiger partial charge in [-0.3, -0.25) is 4.79 Å². The molecule has 4 nitrogen and oxygen atoms in total. The number of rotatable bonds is 4. The molecule has 0 amide bonds. The molecule has 1 aliphatic rings. The van der Waals surface area contributed by atoms with Crippen molar-refractivity contribution in [3.05, 3.63) is 40.6 Å². The van der Waals surface area contributed by atoms with E-state index in [1.165, 1.54) is 0 Å². The van der Waals surface area contributed by atoms with Crippen LogP contribution in [0.4, 0.5) is 0 Å². The highest BCUT2D eigenvalue weighted by Gasteiger charge is 2.10. The Morgan fingerprint density at radius 2 is 2.22 bits per heavy atom. The number of nitrogens with one attached hydrogen (secondary N) is 2. The summed E-state index contributed by atoms with van der Waals surface area (Å²) in [6, 6.07) is 5.54. The fourth-order valence-corrected chi connectivity index (χ4v) is 2.07. The number of hydrogen-bond acceptors (Lipinski definition) is 4. The molecular formula is C13H15ClN2O2. The van der Waals surface area contributed by atoms with Crippen LogP contribution in [0.1, 0.15) is 12.0 Å². The summed E-state index contributed by atoms with van der Waals surface area (Å²) in [5.74, 6) is 0.900. The van der Waals surface area contributed by atoms with Crippen LogP contribution in [0.25, 0.3) is 0 Å². The second-order valence-electron chi connectivity index (χ2n) is 4.07. The number of benzene rings is 1. The summed E-state index contributed by atoms with van der Waals surface area (Å²) in [7, 11) is 1.63. The van der Waals surface area contributed by atoms with Gasteiger partial charge in [0.2, 0.25) is 0 Å². The average molecular weight is 267 g/mol. The van der Waals surface area contributed by atoms with Crippen molar-refractivity contribution in [2.75, 3.05) is 13.7 Å². The van der Waals surface area contributed by atoms with Crippen LogP contribution in [0.3, 0.4) is 0 Å². The summed E-state index contributed by atoms with van der Waals surface area (Å²) < 4.78 is 5.28. The van der Waals surface area contributed by atoms with Crippen LogP contribution in [0.2, 0.25) is 5.02 Å². The fraction of sp³-hybridized carbons (Fsp3) is 0.308. The molecule has 1 aromatic rings. The van der Waals surface area contributed by atoms with Crippen LogP contribution in [-0.4, -0.2) is 19.4 Å². The topological polar surface area (TPSA) is 50.4 Å². The summed E-state index contributed by atoms with van der Waals surface area (Å²) in [6.45, 7) is 0.337. The molecule has 0 aromatic heterocycles. The molecule has 5 heteroatoms. The Labute approximate surface area is 111 Å². The number of carbonyl (C=O) groups excluding carboxylic acids is 1. The number of methoxy groups -OCH3 is 1. The first-order chi connectivity index (χ1) is 8.69. The Balaban J connectivity index is 2.05. The molecule has 0 fully saturated rings. The standard InChI is InChI=1S/C13H15ClN2O2/c1-18-13-5-3-10(14)6-9(13)2-4-11-7-12(17)8-15-16-11/h3,5-7,15-16H,2,4,8H2,1H3. The van der Waals surface area contributed by atoms with Crippen LogP contribution in [-0.2, 0) is 11.2 Å². The lowest BCUT2D eigenvalue weighted by Gasteiger charge is -2.16. The highest BCUT2D eigenvalue weighted by molar-refractivity contribution is 6.30. The summed E-state index contributed by atoms with van der Waals surface area (Å²) in [4.78, 5) is 11.2. The lowest BCUT2D eigenvalue weighted by molar-refractivity contribution is -0.114. The van der Waals surface area contributed by atoms with Gasteiger partial charge in [-0.25, -0.2) is 5.43 Å². The fourth-order valence-electron chi connectivity index (χ4n) is 1.87. The van der Waals surface area contributed by atoms with E-state index in [1.54, 1.807) is 19.3 Å². The SMILES string of the molecule is COc1ccc(Cl)cc1CCC1=CC(=O)CNN1. The highest BCUT2D eigenvalue weighted by atomic mass is 35.5. The number of allylic oxidation sites excluding steroid dienone is 1. The molecule has 2 rings (SSSR count). The van der Waals surface area contributed by atoms with Crippen LogP contribution in [0.5, 0.6) is 5.75 Å². The molecule has 1 aliphatic heterocycles. The van der Waals surface area contributed by atoms with Gasteiger partial charge < -0.3 is 10.2 Å². The van der Waals surface area contributed by atoms with Gasteiger partial charge in [-0.1, -0.05) is 11.6 Å². The summed E-state index contributed by atoms with van der Waals surface area (Å²) >= 11 is 5.97. The van der Waals surface area contributed by atoms with E-state index in [4.69, 9.17) is 16.3 Å². The third-order valence-electron chi connectivity index (χ3n) is 2.75. The first kappa shape index (κ1) is 12.9. The highest BCUT2D eigenvalue weighted by Crippen LogP contribution is 2.24. The Morgan fingerprint density at radius 3 is 2.94 bits per heavy atom. The molecule has 1 aromatic carbocycles. The van der Waals surface area contributed by atoms with E-state index in [9.17, 15) is 4.79 Å². The van der Waals surface area contributed by atoms with E-state index in [0.717, 1.165) is 29.9 Å². The number of hydrazine groups is 1. The Hall–Kier alpha value is -1.52. The van der Waals surface area contributed by atoms with Gasteiger partial charge in [-0.2, -0.15) is 0 Å². The van der Waals surface area contributed by atoms with Gasteiger partial charge in [0, 0.05) is 16.8 Å². The largest absolute Gasteiger partial charge is 0.496 e. The zero-order valence-corrected chi connectivity index (χ0v) is 10.9. The van der Waals surface area contributed by atoms with Crippen LogP contribution < -0.4 is 15.6 Å². The average Bonchev–Trinajstić information content (AvgIpc) is 2.37. The van der Waals surface area contributed by atoms with Gasteiger partial charge in [-0.05, 0) is 36.6 Å². The van der Waals surface area contributed by atoms with Crippen molar-refractivity contribution in [1.29, 1.82) is 0 Å². The molecule has 2 N–H and O–H groups in total. The molecular weight excluding hydrogens is 252 g/mol. The van der Waals surface area contributed by atoms with Gasteiger partial charge in [-0.15, -0.1) is 0 Å². The van der Waals surface area contributed by atoms with Gasteiger partial charge in [0.05, 0.1) is 13.7 Å². The van der Waals surface area contributed by atoms with E-state index in [-0.39, 0.29) is 5.78 Å². The van der Waals surface area contributed by atoms with Crippen molar-refractivity contribution in [2.45, 2.75) is 12.8 Å². The van der Waals surface area contributed by atoms with Crippen LogP contribution in [0.15, 0.2) is 30.0 Å². The van der Waals surface area contributed by atoms with Crippen molar-refractivity contribution in [3.8, 4) is 5.75 Å². The zero-order valence-electron chi connectivity index (χ0n) is 10.1. The molecule has 0 unspecified atom stereocenters. The third-order valence-corrected chi connectivity index (χ3v) is 2.99. The number of halogens is 1. The van der Waals surface area contributed by atoms with Crippen molar-refractivity contribution in [1.82, 2.24) is 10.9 Å². The number of carbonyl (C=O) groups is 1. The molecule has 1 heterocycles. The van der Waals surface area contributed by atoms with E-state index in [0.29, 0.717) is 11.6 Å². The number of ketones is 1. The van der Waals surface area contributed by atoms with Crippen molar-refractivity contribution in [2.24, 2.45) is 0 Å². The predicted octanol–water partition coefficient (Wildman–Crippen LogP) is 1.84. The number of hydrogen-bond donors (Lipinski definition) is 2. The molecule has 18 heavy (non-hydrogen) atoms. The van der Waals surface area contributed by atoms with Crippen molar-refractivity contribution >= 4 is 17.4 Å². The maximum atomic E-state index is 11.2. The van der Waals surface area contributed by atoms with Crippen LogP contribution in [0, 0.1) is 0 Å². The maximum Gasteiger partial charge on any atom is 0.173 e. The molecule has 0 saturated heterocycles. The minimum Gasteiger partial charge on any atom is -0.496 e. The number of aryl methyl sites for hydroxylation is 1. The minimum absolute atomic E-state index is 0.0850. The van der Waals surface area contributed by atoms with E-state index in [1.807, 2.05) is 12.1 Å². The molecule has 0 bridgehead atoms. The third kappa shape index (κ3) is 3.24. The molecule has 0 atom stereocenters. The van der Waals surface area contributed by atoms with E-state index < -0.39 is 0 Å². The Morgan fingerprint density at radius 1 is 1.39 bits per heavy atom. The second-order valence-corrected chi connectivity index (χ2v) is 4.51. The second kappa shape index (κ2) is 5.89. The summed E-state index contributed by atoms with van der Waals surface area (Å²) in [5, 5.41) is 0.686. The van der Waals surface area contributed by atoms with Crippen molar-refractivity contribution < 1.29 is 9.53 Å². The lowest BCUT2D eigenvalue weighted by Crippen LogP contribution is -2.39. The lowest BCUT2D eigenvalue weighted by atomic mass is 10.1. The van der Waals surface area contributed by atoms with Gasteiger partial charge >= 0.3 is 0 Å². The molecule has 96 valence electrons. The molecule has 0 radical (unpaired) electrons. The molecule has 0 spiro atoms. The first-order valence-electron chi connectivity index (χ1n) is 5.74. The Kier molecular flexibility index (Phi) is 4.23. The smallest absolute Gasteiger partial charge is 0.173 e. The molecule has 0 saturated carbocycles. The minimum atomic E-state index is 0.0850. The zero-order chi connectivity index (χ0) is 13.0. The first-order valence-corrected chi connectivity index (χ1v) is 6.11. The maximum absolute atomic E-state index is 11.2. The van der Waals surface area contributed by atoms with Gasteiger partial charge in [0.15, 0.2) is 5.78 Å². The molecule has 0 aliphatic carbocycles. The normalized spacial score (nSPS) is 15.0. The summed E-state index contributed by atoms with van der Waals surface area (Å²) in [6.07, 6.45) is 3.13. The van der Waals surface area contributed by atoms with Crippen LogP contribution >= 0.6 is 11.6 Å². The quantitative estimate of drug-likeness (QED) is 0.873. The van der Waals surface area contributed by atoms with E-state index in [2.05, 4.69) is 10.9 Å². The predicted molar refractivity (Wildman–Crippen MR) is 70.6 cm³/mol. The monoisotopic (exact) mass is 266 g/mol. The number of ether oxygens (including phenoxy) is 1. The van der Waals surface area contributed by atoms with E-state index >= 15 is 0 Å².